The molecule has 1 aliphatic rings. The van der Waals surface area contributed by atoms with Crippen LogP contribution >= 0.6 is 0 Å². The Bertz CT molecular complexity index is 397. The highest BCUT2D eigenvalue weighted by molar-refractivity contribution is 6.00. The van der Waals surface area contributed by atoms with Crippen molar-refractivity contribution in [1.82, 2.24) is 5.32 Å². The molecule has 1 aromatic carbocycles. The zero-order valence-corrected chi connectivity index (χ0v) is 9.49. The van der Waals surface area contributed by atoms with Gasteiger partial charge in [-0.05, 0) is 31.0 Å². The molecule has 4 heteroatoms. The van der Waals surface area contributed by atoms with Gasteiger partial charge in [0.2, 0.25) is 0 Å². The van der Waals surface area contributed by atoms with Crippen molar-refractivity contribution >= 4 is 17.3 Å². The molecule has 0 bridgehead atoms. The fourth-order valence-electron chi connectivity index (χ4n) is 2.10. The summed E-state index contributed by atoms with van der Waals surface area (Å²) in [5.74, 6) is -0.0748. The Hall–Kier alpha value is -1.71. The van der Waals surface area contributed by atoms with Crippen LogP contribution in [0.3, 0.4) is 0 Å². The summed E-state index contributed by atoms with van der Waals surface area (Å²) in [4.78, 5) is 14.0. The van der Waals surface area contributed by atoms with E-state index in [2.05, 4.69) is 10.2 Å². The highest BCUT2D eigenvalue weighted by atomic mass is 16.1. The average Bonchev–Trinajstić information content (AvgIpc) is 2.81. The number of carbonyl (C=O) groups excluding carboxylic acids is 1. The minimum Gasteiger partial charge on any atom is -0.399 e. The summed E-state index contributed by atoms with van der Waals surface area (Å²) in [5, 5.41) is 2.65. The first-order chi connectivity index (χ1) is 7.72. The Kier molecular flexibility index (Phi) is 2.99. The van der Waals surface area contributed by atoms with Crippen molar-refractivity contribution in [2.75, 3.05) is 30.8 Å². The van der Waals surface area contributed by atoms with Gasteiger partial charge in [0.15, 0.2) is 0 Å². The van der Waals surface area contributed by atoms with Crippen LogP contribution in [0.4, 0.5) is 11.4 Å². The molecule has 1 heterocycles. The van der Waals surface area contributed by atoms with E-state index in [0.717, 1.165) is 18.8 Å². The summed E-state index contributed by atoms with van der Waals surface area (Å²) >= 11 is 0. The smallest absolute Gasteiger partial charge is 0.253 e. The molecule has 0 saturated carbocycles. The number of nitrogens with zero attached hydrogens (tertiary/aromatic N) is 1. The lowest BCUT2D eigenvalue weighted by atomic mass is 10.1. The molecule has 1 aromatic rings. The Morgan fingerprint density at radius 2 is 2.06 bits per heavy atom. The van der Waals surface area contributed by atoms with Gasteiger partial charge in [-0.15, -0.1) is 0 Å². The molecular formula is C12H17N3O. The number of hydrogen-bond donors (Lipinski definition) is 2. The van der Waals surface area contributed by atoms with Gasteiger partial charge in [0.1, 0.15) is 0 Å². The Morgan fingerprint density at radius 1 is 1.38 bits per heavy atom. The van der Waals surface area contributed by atoms with Crippen LogP contribution in [-0.4, -0.2) is 26.0 Å². The SMILES string of the molecule is CNC(=O)c1cc(N)ccc1N1CCCC1. The third-order valence-corrected chi connectivity index (χ3v) is 2.94. The fourth-order valence-corrected chi connectivity index (χ4v) is 2.10. The van der Waals surface area contributed by atoms with Gasteiger partial charge in [-0.2, -0.15) is 0 Å². The van der Waals surface area contributed by atoms with Crippen molar-refractivity contribution in [3.8, 4) is 0 Å². The lowest BCUT2D eigenvalue weighted by molar-refractivity contribution is 0.0963. The van der Waals surface area contributed by atoms with Crippen LogP contribution in [0.1, 0.15) is 23.2 Å². The molecule has 0 unspecified atom stereocenters. The van der Waals surface area contributed by atoms with E-state index in [1.54, 1.807) is 13.1 Å². The van der Waals surface area contributed by atoms with Crippen LogP contribution in [0.5, 0.6) is 0 Å². The van der Waals surface area contributed by atoms with Crippen molar-refractivity contribution in [2.45, 2.75) is 12.8 Å². The molecular weight excluding hydrogens is 202 g/mol. The van der Waals surface area contributed by atoms with Gasteiger partial charge in [-0.1, -0.05) is 0 Å². The maximum Gasteiger partial charge on any atom is 0.253 e. The minimum atomic E-state index is -0.0748. The zero-order valence-electron chi connectivity index (χ0n) is 9.49. The van der Waals surface area contributed by atoms with E-state index in [1.165, 1.54) is 12.8 Å². The maximum absolute atomic E-state index is 11.7. The van der Waals surface area contributed by atoms with Crippen LogP contribution in [0.15, 0.2) is 18.2 Å². The zero-order chi connectivity index (χ0) is 11.5. The Morgan fingerprint density at radius 3 is 2.69 bits per heavy atom. The molecule has 3 N–H and O–H groups in total. The summed E-state index contributed by atoms with van der Waals surface area (Å²) in [7, 11) is 1.64. The van der Waals surface area contributed by atoms with Crippen LogP contribution in [0.2, 0.25) is 0 Å². The molecule has 0 aliphatic carbocycles. The predicted molar refractivity (Wildman–Crippen MR) is 65.7 cm³/mol. The molecule has 86 valence electrons. The molecule has 0 radical (unpaired) electrons. The first-order valence-electron chi connectivity index (χ1n) is 5.59. The molecule has 4 nitrogen and oxygen atoms in total. The molecule has 16 heavy (non-hydrogen) atoms. The van der Waals surface area contributed by atoms with E-state index in [4.69, 9.17) is 5.73 Å². The molecule has 0 spiro atoms. The van der Waals surface area contributed by atoms with Gasteiger partial charge in [0, 0.05) is 31.5 Å². The van der Waals surface area contributed by atoms with Crippen molar-refractivity contribution < 1.29 is 4.79 Å². The van der Waals surface area contributed by atoms with Crippen LogP contribution < -0.4 is 16.0 Å². The number of benzene rings is 1. The van der Waals surface area contributed by atoms with Gasteiger partial charge < -0.3 is 16.0 Å². The third kappa shape index (κ3) is 1.96. The van der Waals surface area contributed by atoms with Crippen molar-refractivity contribution in [1.29, 1.82) is 0 Å². The maximum atomic E-state index is 11.7. The second-order valence-electron chi connectivity index (χ2n) is 4.05. The Labute approximate surface area is 95.4 Å². The topological polar surface area (TPSA) is 58.4 Å². The lowest BCUT2D eigenvalue weighted by Gasteiger charge is -2.21. The quantitative estimate of drug-likeness (QED) is 0.735. The molecule has 1 amide bonds. The lowest BCUT2D eigenvalue weighted by Crippen LogP contribution is -2.25. The number of amides is 1. The van der Waals surface area contributed by atoms with E-state index >= 15 is 0 Å². The Balaban J connectivity index is 2.38. The molecule has 1 saturated heterocycles. The predicted octanol–water partition coefficient (Wildman–Crippen LogP) is 1.23. The van der Waals surface area contributed by atoms with E-state index in [-0.39, 0.29) is 5.91 Å². The van der Waals surface area contributed by atoms with E-state index in [0.29, 0.717) is 11.3 Å². The molecule has 2 rings (SSSR count). The largest absolute Gasteiger partial charge is 0.399 e. The number of carbonyl (C=O) groups is 1. The fraction of sp³-hybridized carbons (Fsp3) is 0.417. The first-order valence-corrected chi connectivity index (χ1v) is 5.59. The second kappa shape index (κ2) is 4.43. The molecule has 1 aliphatic heterocycles. The normalized spacial score (nSPS) is 15.2. The number of rotatable bonds is 2. The highest BCUT2D eigenvalue weighted by Crippen LogP contribution is 2.26. The van der Waals surface area contributed by atoms with E-state index in [9.17, 15) is 4.79 Å². The first kappa shape index (κ1) is 10.8. The van der Waals surface area contributed by atoms with Crippen LogP contribution in [0.25, 0.3) is 0 Å². The highest BCUT2D eigenvalue weighted by Gasteiger charge is 2.18. The summed E-state index contributed by atoms with van der Waals surface area (Å²) in [6, 6.07) is 5.53. The van der Waals surface area contributed by atoms with Crippen molar-refractivity contribution in [2.24, 2.45) is 0 Å². The monoisotopic (exact) mass is 219 g/mol. The number of anilines is 2. The van der Waals surface area contributed by atoms with E-state index < -0.39 is 0 Å². The molecule has 0 atom stereocenters. The van der Waals surface area contributed by atoms with Crippen LogP contribution in [0, 0.1) is 0 Å². The number of nitrogens with two attached hydrogens (primary N) is 1. The summed E-state index contributed by atoms with van der Waals surface area (Å²) in [6.07, 6.45) is 2.38. The van der Waals surface area contributed by atoms with Gasteiger partial charge in [-0.3, -0.25) is 4.79 Å². The number of nitrogens with one attached hydrogen (secondary N) is 1. The van der Waals surface area contributed by atoms with Gasteiger partial charge in [0.25, 0.3) is 5.91 Å². The van der Waals surface area contributed by atoms with Gasteiger partial charge in [-0.25, -0.2) is 0 Å². The van der Waals surface area contributed by atoms with Gasteiger partial charge in [0.05, 0.1) is 5.56 Å². The van der Waals surface area contributed by atoms with Gasteiger partial charge >= 0.3 is 0 Å². The summed E-state index contributed by atoms with van der Waals surface area (Å²) in [6.45, 7) is 2.04. The van der Waals surface area contributed by atoms with Crippen LogP contribution in [-0.2, 0) is 0 Å². The van der Waals surface area contributed by atoms with Crippen molar-refractivity contribution in [3.05, 3.63) is 23.8 Å². The number of hydrogen-bond acceptors (Lipinski definition) is 3. The second-order valence-corrected chi connectivity index (χ2v) is 4.05. The summed E-state index contributed by atoms with van der Waals surface area (Å²) < 4.78 is 0. The standard InChI is InChI=1S/C12H17N3O/c1-14-12(16)10-8-9(13)4-5-11(10)15-6-2-3-7-15/h4-5,8H,2-3,6-7,13H2,1H3,(H,14,16). The minimum absolute atomic E-state index is 0.0748. The molecule has 1 fully saturated rings. The summed E-state index contributed by atoms with van der Waals surface area (Å²) in [5.41, 5.74) is 8.01. The average molecular weight is 219 g/mol. The third-order valence-electron chi connectivity index (χ3n) is 2.94. The van der Waals surface area contributed by atoms with Crippen molar-refractivity contribution in [3.63, 3.8) is 0 Å². The molecule has 0 aromatic heterocycles. The number of nitrogen functional groups attached to an aromatic ring is 1. The van der Waals surface area contributed by atoms with E-state index in [1.807, 2.05) is 12.1 Å².